The highest BCUT2D eigenvalue weighted by molar-refractivity contribution is 5.71. The van der Waals surface area contributed by atoms with E-state index in [1.54, 1.807) is 28.9 Å². The molecule has 0 spiro atoms. The topological polar surface area (TPSA) is 83.1 Å². The Morgan fingerprint density at radius 2 is 1.93 bits per heavy atom. The Labute approximate surface area is 174 Å². The Bertz CT molecular complexity index is 1150. The van der Waals surface area contributed by atoms with Crippen molar-refractivity contribution in [3.63, 3.8) is 0 Å². The van der Waals surface area contributed by atoms with Crippen molar-refractivity contribution in [2.45, 2.75) is 6.61 Å². The number of ether oxygens (including phenoxy) is 2. The zero-order chi connectivity index (χ0) is 21.1. The van der Waals surface area contributed by atoms with E-state index >= 15 is 0 Å². The van der Waals surface area contributed by atoms with Gasteiger partial charge in [0.1, 0.15) is 29.6 Å². The van der Waals surface area contributed by atoms with Crippen molar-refractivity contribution in [1.82, 2.24) is 29.5 Å². The minimum atomic E-state index is 0.213. The van der Waals surface area contributed by atoms with Crippen molar-refractivity contribution in [3.8, 4) is 28.6 Å². The van der Waals surface area contributed by atoms with Gasteiger partial charge in [-0.25, -0.2) is 14.6 Å². The van der Waals surface area contributed by atoms with E-state index in [2.05, 4.69) is 15.2 Å². The molecule has 0 saturated carbocycles. The normalized spacial score (nSPS) is 10.8. The first kappa shape index (κ1) is 19.4. The van der Waals surface area contributed by atoms with Crippen LogP contribution >= 0.6 is 0 Å². The summed E-state index contributed by atoms with van der Waals surface area (Å²) in [4.78, 5) is 11.2. The summed E-state index contributed by atoms with van der Waals surface area (Å²) in [5, 5.41) is 8.94. The van der Waals surface area contributed by atoms with Crippen LogP contribution in [-0.4, -0.2) is 50.7 Å². The maximum Gasteiger partial charge on any atom is 0.189 e. The van der Waals surface area contributed by atoms with Gasteiger partial charge >= 0.3 is 0 Å². The van der Waals surface area contributed by atoms with Crippen molar-refractivity contribution in [2.75, 3.05) is 26.1 Å². The molecule has 0 fully saturated rings. The largest absolute Gasteiger partial charge is 0.497 e. The average molecular weight is 405 g/mol. The predicted octanol–water partition coefficient (Wildman–Crippen LogP) is 2.72. The second kappa shape index (κ2) is 8.24. The number of aromatic nitrogens is 6. The van der Waals surface area contributed by atoms with Gasteiger partial charge in [-0.2, -0.15) is 5.10 Å². The number of hydrogen-bond acceptors (Lipinski definition) is 7. The highest BCUT2D eigenvalue weighted by Gasteiger charge is 2.19. The summed E-state index contributed by atoms with van der Waals surface area (Å²) in [5.41, 5.74) is 1.67. The van der Waals surface area contributed by atoms with Crippen LogP contribution < -0.4 is 14.4 Å². The molecule has 9 heteroatoms. The third kappa shape index (κ3) is 3.95. The summed E-state index contributed by atoms with van der Waals surface area (Å²) >= 11 is 0. The highest BCUT2D eigenvalue weighted by atomic mass is 16.5. The van der Waals surface area contributed by atoms with E-state index < -0.39 is 0 Å². The number of hydrogen-bond donors (Lipinski definition) is 0. The molecule has 0 bridgehead atoms. The molecule has 0 unspecified atom stereocenters. The van der Waals surface area contributed by atoms with E-state index in [1.165, 1.54) is 0 Å². The monoisotopic (exact) mass is 405 g/mol. The summed E-state index contributed by atoms with van der Waals surface area (Å²) in [7, 11) is 7.38. The van der Waals surface area contributed by atoms with Crippen molar-refractivity contribution < 1.29 is 9.47 Å². The van der Waals surface area contributed by atoms with Crippen molar-refractivity contribution >= 4 is 5.82 Å². The van der Waals surface area contributed by atoms with Crippen LogP contribution in [0.5, 0.6) is 11.5 Å². The molecular weight excluding hydrogens is 382 g/mol. The van der Waals surface area contributed by atoms with Gasteiger partial charge in [-0.05, 0) is 24.3 Å². The lowest BCUT2D eigenvalue weighted by molar-refractivity contribution is 0.293. The SMILES string of the molecule is COc1cccc(OCc2nc(-c3cccnc3N(C)C)n(-c3cnn(C)c3)n2)c1. The fourth-order valence-corrected chi connectivity index (χ4v) is 3.05. The molecule has 3 heterocycles. The molecule has 0 aliphatic carbocycles. The first-order chi connectivity index (χ1) is 14.5. The molecule has 0 radical (unpaired) electrons. The molecule has 1 aromatic carbocycles. The van der Waals surface area contributed by atoms with Crippen molar-refractivity contribution in [1.29, 1.82) is 0 Å². The molecule has 30 heavy (non-hydrogen) atoms. The van der Waals surface area contributed by atoms with Crippen LogP contribution in [0.3, 0.4) is 0 Å². The van der Waals surface area contributed by atoms with Crippen molar-refractivity contribution in [2.24, 2.45) is 7.05 Å². The van der Waals surface area contributed by atoms with Crippen LogP contribution in [-0.2, 0) is 13.7 Å². The molecule has 0 amide bonds. The minimum Gasteiger partial charge on any atom is -0.497 e. The van der Waals surface area contributed by atoms with E-state index in [1.807, 2.05) is 68.6 Å². The van der Waals surface area contributed by atoms with Crippen LogP contribution in [0.15, 0.2) is 55.0 Å². The molecule has 0 N–H and O–H groups in total. The first-order valence-corrected chi connectivity index (χ1v) is 9.39. The van der Waals surface area contributed by atoms with E-state index in [-0.39, 0.29) is 6.61 Å². The van der Waals surface area contributed by atoms with Gasteiger partial charge in [-0.15, -0.1) is 5.10 Å². The molecule has 4 aromatic rings. The smallest absolute Gasteiger partial charge is 0.189 e. The predicted molar refractivity (Wildman–Crippen MR) is 113 cm³/mol. The van der Waals surface area contributed by atoms with Gasteiger partial charge in [0, 0.05) is 33.4 Å². The Balaban J connectivity index is 1.71. The van der Waals surface area contributed by atoms with Crippen LogP contribution in [0.2, 0.25) is 0 Å². The second-order valence-corrected chi connectivity index (χ2v) is 6.87. The lowest BCUT2D eigenvalue weighted by atomic mass is 10.2. The van der Waals surface area contributed by atoms with E-state index in [9.17, 15) is 0 Å². The first-order valence-electron chi connectivity index (χ1n) is 9.39. The third-order valence-corrected chi connectivity index (χ3v) is 4.45. The molecule has 3 aromatic heterocycles. The van der Waals surface area contributed by atoms with Gasteiger partial charge in [-0.3, -0.25) is 4.68 Å². The van der Waals surface area contributed by atoms with Crippen LogP contribution in [0.4, 0.5) is 5.82 Å². The Hall–Kier alpha value is -3.88. The summed E-state index contributed by atoms with van der Waals surface area (Å²) in [5.74, 6) is 3.43. The van der Waals surface area contributed by atoms with Crippen LogP contribution in [0.1, 0.15) is 5.82 Å². The minimum absolute atomic E-state index is 0.213. The number of rotatable bonds is 7. The second-order valence-electron chi connectivity index (χ2n) is 6.87. The van der Waals surface area contributed by atoms with Gasteiger partial charge in [0.2, 0.25) is 0 Å². The zero-order valence-corrected chi connectivity index (χ0v) is 17.4. The fraction of sp³-hybridized carbons (Fsp3) is 0.238. The number of anilines is 1. The number of pyridine rings is 1. The van der Waals surface area contributed by atoms with E-state index in [4.69, 9.17) is 14.5 Å². The maximum absolute atomic E-state index is 5.89. The number of aryl methyl sites for hydroxylation is 1. The Morgan fingerprint density at radius 1 is 1.10 bits per heavy atom. The lowest BCUT2D eigenvalue weighted by Gasteiger charge is -2.15. The molecule has 9 nitrogen and oxygen atoms in total. The Morgan fingerprint density at radius 3 is 2.67 bits per heavy atom. The molecule has 4 rings (SSSR count). The number of nitrogens with zero attached hydrogens (tertiary/aromatic N) is 7. The van der Waals surface area contributed by atoms with E-state index in [0.29, 0.717) is 17.4 Å². The molecule has 0 atom stereocenters. The number of methoxy groups -OCH3 is 1. The molecule has 0 saturated heterocycles. The average Bonchev–Trinajstić information content (AvgIpc) is 3.38. The third-order valence-electron chi connectivity index (χ3n) is 4.45. The standard InChI is InChI=1S/C21H23N7O2/c1-26(2)20-18(9-6-10-22-20)21-24-19(25-28(21)15-12-23-27(3)13-15)14-30-17-8-5-7-16(11-17)29-4/h5-13H,14H2,1-4H3. The van der Waals surface area contributed by atoms with Gasteiger partial charge in [-0.1, -0.05) is 6.07 Å². The van der Waals surface area contributed by atoms with Gasteiger partial charge < -0.3 is 14.4 Å². The highest BCUT2D eigenvalue weighted by Crippen LogP contribution is 2.28. The quantitative estimate of drug-likeness (QED) is 0.467. The van der Waals surface area contributed by atoms with Gasteiger partial charge in [0.05, 0.1) is 25.1 Å². The molecule has 0 aliphatic rings. The fourth-order valence-electron chi connectivity index (χ4n) is 3.05. The lowest BCUT2D eigenvalue weighted by Crippen LogP contribution is -2.13. The molecule has 154 valence electrons. The van der Waals surface area contributed by atoms with Gasteiger partial charge in [0.25, 0.3) is 0 Å². The van der Waals surface area contributed by atoms with Crippen LogP contribution in [0, 0.1) is 0 Å². The number of benzene rings is 1. The molecule has 0 aliphatic heterocycles. The maximum atomic E-state index is 5.89. The Kier molecular flexibility index (Phi) is 5.34. The molecular formula is C21H23N7O2. The van der Waals surface area contributed by atoms with Gasteiger partial charge in [0.15, 0.2) is 11.6 Å². The summed E-state index contributed by atoms with van der Waals surface area (Å²) in [6.07, 6.45) is 5.39. The summed E-state index contributed by atoms with van der Waals surface area (Å²) < 4.78 is 14.6. The van der Waals surface area contributed by atoms with E-state index in [0.717, 1.165) is 22.8 Å². The van der Waals surface area contributed by atoms with Crippen LogP contribution in [0.25, 0.3) is 17.1 Å². The summed E-state index contributed by atoms with van der Waals surface area (Å²) in [6.45, 7) is 0.213. The summed E-state index contributed by atoms with van der Waals surface area (Å²) in [6, 6.07) is 11.3. The van der Waals surface area contributed by atoms with Crippen molar-refractivity contribution in [3.05, 3.63) is 60.8 Å². The zero-order valence-electron chi connectivity index (χ0n) is 17.4.